The maximum atomic E-state index is 12.5. The molecule has 2 rings (SSSR count). The van der Waals surface area contributed by atoms with E-state index in [1.807, 2.05) is 20.8 Å². The van der Waals surface area contributed by atoms with Gasteiger partial charge in [0.15, 0.2) is 0 Å². The second kappa shape index (κ2) is 6.95. The Labute approximate surface area is 136 Å². The molecule has 7 nitrogen and oxygen atoms in total. The van der Waals surface area contributed by atoms with Crippen LogP contribution in [0.5, 0.6) is 0 Å². The Kier molecular flexibility index (Phi) is 5.20. The maximum Gasteiger partial charge on any atom is 0.410 e. The van der Waals surface area contributed by atoms with E-state index in [2.05, 4.69) is 4.98 Å². The summed E-state index contributed by atoms with van der Waals surface area (Å²) in [5.74, 6) is -0.135. The molecule has 23 heavy (non-hydrogen) atoms. The lowest BCUT2D eigenvalue weighted by atomic mass is 10.2. The molecule has 1 saturated heterocycles. The molecule has 0 saturated carbocycles. The third kappa shape index (κ3) is 4.66. The van der Waals surface area contributed by atoms with Crippen LogP contribution in [0.4, 0.5) is 4.79 Å². The van der Waals surface area contributed by atoms with Crippen LogP contribution < -0.4 is 5.73 Å². The van der Waals surface area contributed by atoms with Crippen LogP contribution in [0.25, 0.3) is 0 Å². The molecule has 7 heteroatoms. The summed E-state index contributed by atoms with van der Waals surface area (Å²) >= 11 is 0. The Morgan fingerprint density at radius 1 is 1.17 bits per heavy atom. The molecule has 2 amide bonds. The van der Waals surface area contributed by atoms with Crippen molar-refractivity contribution < 1.29 is 14.3 Å². The minimum absolute atomic E-state index is 0.135. The molecule has 1 fully saturated rings. The van der Waals surface area contributed by atoms with Crippen molar-refractivity contribution in [1.82, 2.24) is 14.8 Å². The highest BCUT2D eigenvalue weighted by atomic mass is 16.6. The van der Waals surface area contributed by atoms with Crippen LogP contribution in [0, 0.1) is 0 Å². The van der Waals surface area contributed by atoms with Gasteiger partial charge in [0, 0.05) is 32.7 Å². The van der Waals surface area contributed by atoms with E-state index in [9.17, 15) is 9.59 Å². The highest BCUT2D eigenvalue weighted by Gasteiger charge is 2.28. The number of nitrogens with two attached hydrogens (primary N) is 1. The maximum absolute atomic E-state index is 12.5. The van der Waals surface area contributed by atoms with Crippen molar-refractivity contribution in [3.63, 3.8) is 0 Å². The summed E-state index contributed by atoms with van der Waals surface area (Å²) in [7, 11) is 0. The fourth-order valence-electron chi connectivity index (χ4n) is 2.29. The molecule has 0 spiro atoms. The van der Waals surface area contributed by atoms with Gasteiger partial charge in [-0.15, -0.1) is 0 Å². The molecule has 1 aliphatic heterocycles. The fraction of sp³-hybridized carbons (Fsp3) is 0.562. The molecule has 2 heterocycles. The van der Waals surface area contributed by atoms with Gasteiger partial charge >= 0.3 is 6.09 Å². The smallest absolute Gasteiger partial charge is 0.410 e. The molecule has 1 aromatic rings. The SMILES string of the molecule is CC(C)(C)OC(=O)N1CCN(C(=O)c2cccc(CN)n2)CC1. The van der Waals surface area contributed by atoms with Crippen molar-refractivity contribution >= 4 is 12.0 Å². The number of amides is 2. The lowest BCUT2D eigenvalue weighted by Crippen LogP contribution is -2.51. The van der Waals surface area contributed by atoms with E-state index in [4.69, 9.17) is 10.5 Å². The van der Waals surface area contributed by atoms with E-state index in [0.717, 1.165) is 0 Å². The highest BCUT2D eigenvalue weighted by Crippen LogP contribution is 2.13. The molecule has 2 N–H and O–H groups in total. The second-order valence-corrected chi connectivity index (χ2v) is 6.48. The standard InChI is InChI=1S/C16H24N4O3/c1-16(2,3)23-15(22)20-9-7-19(8-10-20)14(21)13-6-4-5-12(11-17)18-13/h4-6H,7-11,17H2,1-3H3. The van der Waals surface area contributed by atoms with E-state index in [-0.39, 0.29) is 12.0 Å². The Morgan fingerprint density at radius 3 is 2.35 bits per heavy atom. The summed E-state index contributed by atoms with van der Waals surface area (Å²) in [5.41, 5.74) is 6.11. The zero-order chi connectivity index (χ0) is 17.0. The van der Waals surface area contributed by atoms with Crippen LogP contribution in [0.15, 0.2) is 18.2 Å². The first-order valence-corrected chi connectivity index (χ1v) is 7.73. The Balaban J connectivity index is 1.93. The Hall–Kier alpha value is -2.15. The summed E-state index contributed by atoms with van der Waals surface area (Å²) in [6.07, 6.45) is -0.340. The van der Waals surface area contributed by atoms with Gasteiger partial charge < -0.3 is 20.3 Å². The molecule has 0 atom stereocenters. The minimum Gasteiger partial charge on any atom is -0.444 e. The van der Waals surface area contributed by atoms with Crippen LogP contribution in [0.1, 0.15) is 37.0 Å². The molecule has 0 bridgehead atoms. The zero-order valence-electron chi connectivity index (χ0n) is 13.9. The molecular weight excluding hydrogens is 296 g/mol. The first-order chi connectivity index (χ1) is 10.8. The second-order valence-electron chi connectivity index (χ2n) is 6.48. The molecule has 0 aliphatic carbocycles. The lowest BCUT2D eigenvalue weighted by molar-refractivity contribution is 0.0140. The topological polar surface area (TPSA) is 88.8 Å². The molecular formula is C16H24N4O3. The van der Waals surface area contributed by atoms with Gasteiger partial charge in [-0.3, -0.25) is 4.79 Å². The summed E-state index contributed by atoms with van der Waals surface area (Å²) in [4.78, 5) is 32.0. The van der Waals surface area contributed by atoms with Crippen LogP contribution in [0.3, 0.4) is 0 Å². The number of hydrogen-bond acceptors (Lipinski definition) is 5. The number of piperazine rings is 1. The minimum atomic E-state index is -0.517. The summed E-state index contributed by atoms with van der Waals surface area (Å²) in [5, 5.41) is 0. The Morgan fingerprint density at radius 2 is 1.78 bits per heavy atom. The van der Waals surface area contributed by atoms with Crippen molar-refractivity contribution in [3.05, 3.63) is 29.6 Å². The van der Waals surface area contributed by atoms with E-state index in [1.54, 1.807) is 28.0 Å². The zero-order valence-corrected chi connectivity index (χ0v) is 13.9. The first kappa shape index (κ1) is 17.2. The van der Waals surface area contributed by atoms with E-state index in [1.165, 1.54) is 0 Å². The summed E-state index contributed by atoms with van der Waals surface area (Å²) in [6, 6.07) is 5.25. The highest BCUT2D eigenvalue weighted by molar-refractivity contribution is 5.92. The van der Waals surface area contributed by atoms with E-state index >= 15 is 0 Å². The number of pyridine rings is 1. The normalized spacial score (nSPS) is 15.5. The van der Waals surface area contributed by atoms with Gasteiger partial charge in [-0.05, 0) is 32.9 Å². The van der Waals surface area contributed by atoms with Gasteiger partial charge in [-0.25, -0.2) is 9.78 Å². The number of carbonyl (C=O) groups is 2. The molecule has 126 valence electrons. The van der Waals surface area contributed by atoms with Gasteiger partial charge in [-0.1, -0.05) is 6.07 Å². The predicted molar refractivity (Wildman–Crippen MR) is 85.8 cm³/mol. The fourth-order valence-corrected chi connectivity index (χ4v) is 2.29. The van der Waals surface area contributed by atoms with Crippen LogP contribution in [0.2, 0.25) is 0 Å². The number of rotatable bonds is 2. The van der Waals surface area contributed by atoms with Gasteiger partial charge in [0.2, 0.25) is 0 Å². The number of carbonyl (C=O) groups excluding carboxylic acids is 2. The summed E-state index contributed by atoms with van der Waals surface area (Å²) < 4.78 is 5.35. The first-order valence-electron chi connectivity index (χ1n) is 7.73. The van der Waals surface area contributed by atoms with Crippen molar-refractivity contribution in [1.29, 1.82) is 0 Å². The van der Waals surface area contributed by atoms with Crippen LogP contribution in [-0.2, 0) is 11.3 Å². The van der Waals surface area contributed by atoms with Gasteiger partial charge in [-0.2, -0.15) is 0 Å². The van der Waals surface area contributed by atoms with E-state index < -0.39 is 5.60 Å². The third-order valence-electron chi connectivity index (χ3n) is 3.45. The predicted octanol–water partition coefficient (Wildman–Crippen LogP) is 1.23. The van der Waals surface area contributed by atoms with Crippen molar-refractivity contribution in [2.24, 2.45) is 5.73 Å². The van der Waals surface area contributed by atoms with Crippen LogP contribution in [-0.4, -0.2) is 58.6 Å². The lowest BCUT2D eigenvalue weighted by Gasteiger charge is -2.35. The van der Waals surface area contributed by atoms with Gasteiger partial charge in [0.25, 0.3) is 5.91 Å². The van der Waals surface area contributed by atoms with Crippen molar-refractivity contribution in [2.45, 2.75) is 32.9 Å². The van der Waals surface area contributed by atoms with E-state index in [0.29, 0.717) is 44.1 Å². The molecule has 1 aliphatic rings. The largest absolute Gasteiger partial charge is 0.444 e. The summed E-state index contributed by atoms with van der Waals surface area (Å²) in [6.45, 7) is 7.64. The Bertz CT molecular complexity index is 575. The van der Waals surface area contributed by atoms with Gasteiger partial charge in [0.05, 0.1) is 5.69 Å². The molecule has 0 radical (unpaired) electrons. The van der Waals surface area contributed by atoms with Crippen molar-refractivity contribution in [3.8, 4) is 0 Å². The number of hydrogen-bond donors (Lipinski definition) is 1. The number of nitrogens with zero attached hydrogens (tertiary/aromatic N) is 3. The average Bonchev–Trinajstić information content (AvgIpc) is 2.53. The molecule has 1 aromatic heterocycles. The number of ether oxygens (including phenoxy) is 1. The number of aromatic nitrogens is 1. The molecule has 0 unspecified atom stereocenters. The van der Waals surface area contributed by atoms with Crippen molar-refractivity contribution in [2.75, 3.05) is 26.2 Å². The van der Waals surface area contributed by atoms with Gasteiger partial charge in [0.1, 0.15) is 11.3 Å². The monoisotopic (exact) mass is 320 g/mol. The third-order valence-corrected chi connectivity index (χ3v) is 3.45. The average molecular weight is 320 g/mol. The quantitative estimate of drug-likeness (QED) is 0.885. The molecule has 0 aromatic carbocycles. The van der Waals surface area contributed by atoms with Crippen LogP contribution >= 0.6 is 0 Å².